The van der Waals surface area contributed by atoms with Crippen LogP contribution in [0.25, 0.3) is 0 Å². The van der Waals surface area contributed by atoms with E-state index in [1.54, 1.807) is 0 Å². The summed E-state index contributed by atoms with van der Waals surface area (Å²) in [5.74, 6) is 3.75. The van der Waals surface area contributed by atoms with Crippen LogP contribution in [0.1, 0.15) is 24.5 Å². The molecule has 0 spiro atoms. The number of hydrogen-bond donors (Lipinski definition) is 2. The first-order valence-electron chi connectivity index (χ1n) is 9.04. The third kappa shape index (κ3) is 2.31. The van der Waals surface area contributed by atoms with Crippen molar-refractivity contribution in [3.63, 3.8) is 0 Å². The van der Waals surface area contributed by atoms with Gasteiger partial charge in [-0.1, -0.05) is 0 Å². The largest absolute Gasteiger partial charge is 0.372 e. The Bertz CT molecular complexity index is 619. The van der Waals surface area contributed by atoms with Crippen molar-refractivity contribution in [2.75, 3.05) is 26.2 Å². The lowest BCUT2D eigenvalue weighted by molar-refractivity contribution is 0.0805. The van der Waals surface area contributed by atoms with Crippen LogP contribution in [0.3, 0.4) is 0 Å². The van der Waals surface area contributed by atoms with Gasteiger partial charge in [0, 0.05) is 25.7 Å². The maximum absolute atomic E-state index is 12.6. The average Bonchev–Trinajstić information content (AvgIpc) is 3.26. The fraction of sp³-hybridized carbons (Fsp3) is 0.812. The molecule has 0 radical (unpaired) electrons. The zero-order valence-corrected chi connectivity index (χ0v) is 13.8. The standard InChI is InChI=1S/C16H24N6O2/c23-16(18-6-14-19-20-15-9-24-4-3-22(14)15)21-7-11-10-1-2-13(17-5-10)12(11)8-21/h10-13,17H,1-9H2,(H,18,23). The highest BCUT2D eigenvalue weighted by atomic mass is 16.5. The first-order chi connectivity index (χ1) is 11.8. The number of carbonyl (C=O) groups is 1. The van der Waals surface area contributed by atoms with E-state index in [1.807, 2.05) is 4.90 Å². The van der Waals surface area contributed by atoms with Crippen LogP contribution in [0, 0.1) is 17.8 Å². The zero-order chi connectivity index (χ0) is 16.1. The zero-order valence-electron chi connectivity index (χ0n) is 13.8. The lowest BCUT2D eigenvalue weighted by atomic mass is 9.68. The van der Waals surface area contributed by atoms with Crippen LogP contribution in [-0.2, 0) is 24.4 Å². The van der Waals surface area contributed by atoms with Crippen LogP contribution in [0.5, 0.6) is 0 Å². The van der Waals surface area contributed by atoms with Crippen LogP contribution in [0.4, 0.5) is 4.79 Å². The summed E-state index contributed by atoms with van der Waals surface area (Å²) in [6.45, 7) is 5.31. The molecule has 8 heteroatoms. The van der Waals surface area contributed by atoms with Gasteiger partial charge in [-0.2, -0.15) is 0 Å². The summed E-state index contributed by atoms with van der Waals surface area (Å²) in [6, 6.07) is 0.648. The third-order valence-corrected chi connectivity index (χ3v) is 6.30. The number of fused-ring (bicyclic) bond motifs is 3. The van der Waals surface area contributed by atoms with Crippen LogP contribution in [0.2, 0.25) is 0 Å². The predicted molar refractivity (Wildman–Crippen MR) is 85.0 cm³/mol. The molecule has 2 amide bonds. The molecule has 5 aliphatic rings. The molecule has 3 saturated heterocycles. The molecule has 6 rings (SSSR count). The molecule has 2 N–H and O–H groups in total. The van der Waals surface area contributed by atoms with Crippen LogP contribution >= 0.6 is 0 Å². The second-order valence-corrected chi connectivity index (χ2v) is 7.48. The molecule has 24 heavy (non-hydrogen) atoms. The number of piperidine rings is 2. The molecule has 0 aromatic carbocycles. The highest BCUT2D eigenvalue weighted by Gasteiger charge is 2.49. The second-order valence-electron chi connectivity index (χ2n) is 7.48. The molecule has 2 bridgehead atoms. The number of carbonyl (C=O) groups excluding carboxylic acids is 1. The fourth-order valence-corrected chi connectivity index (χ4v) is 5.03. The van der Waals surface area contributed by atoms with Gasteiger partial charge in [-0.05, 0) is 37.1 Å². The van der Waals surface area contributed by atoms with Gasteiger partial charge >= 0.3 is 6.03 Å². The Morgan fingerprint density at radius 3 is 3.04 bits per heavy atom. The summed E-state index contributed by atoms with van der Waals surface area (Å²) in [5.41, 5.74) is 0. The topological polar surface area (TPSA) is 84.3 Å². The second kappa shape index (κ2) is 5.70. The van der Waals surface area contributed by atoms with Crippen molar-refractivity contribution in [3.05, 3.63) is 11.6 Å². The summed E-state index contributed by atoms with van der Waals surface area (Å²) in [5, 5.41) is 15.0. The summed E-state index contributed by atoms with van der Waals surface area (Å²) in [4.78, 5) is 14.6. The number of hydrogen-bond acceptors (Lipinski definition) is 5. The quantitative estimate of drug-likeness (QED) is 0.793. The number of amides is 2. The summed E-state index contributed by atoms with van der Waals surface area (Å²) in [7, 11) is 0. The van der Waals surface area contributed by atoms with Crippen LogP contribution < -0.4 is 10.6 Å². The minimum Gasteiger partial charge on any atom is -0.372 e. The van der Waals surface area contributed by atoms with E-state index >= 15 is 0 Å². The molecule has 4 aliphatic heterocycles. The van der Waals surface area contributed by atoms with Gasteiger partial charge in [0.1, 0.15) is 6.61 Å². The first-order valence-corrected chi connectivity index (χ1v) is 9.04. The van der Waals surface area contributed by atoms with E-state index in [-0.39, 0.29) is 6.03 Å². The lowest BCUT2D eigenvalue weighted by Crippen LogP contribution is -2.54. The third-order valence-electron chi connectivity index (χ3n) is 6.30. The van der Waals surface area contributed by atoms with Crippen molar-refractivity contribution >= 4 is 6.03 Å². The van der Waals surface area contributed by atoms with Gasteiger partial charge in [0.15, 0.2) is 11.6 Å². The molecule has 4 unspecified atom stereocenters. The number of nitrogens with one attached hydrogen (secondary N) is 2. The molecule has 8 nitrogen and oxygen atoms in total. The van der Waals surface area contributed by atoms with Gasteiger partial charge in [0.2, 0.25) is 0 Å². The number of aromatic nitrogens is 3. The minimum atomic E-state index is 0.0354. The monoisotopic (exact) mass is 332 g/mol. The first kappa shape index (κ1) is 14.7. The van der Waals surface area contributed by atoms with Gasteiger partial charge < -0.3 is 24.8 Å². The van der Waals surface area contributed by atoms with Crippen LogP contribution in [-0.4, -0.2) is 58.0 Å². The van der Waals surface area contributed by atoms with E-state index in [1.165, 1.54) is 12.8 Å². The van der Waals surface area contributed by atoms with Crippen molar-refractivity contribution < 1.29 is 9.53 Å². The molecule has 130 valence electrons. The smallest absolute Gasteiger partial charge is 0.317 e. The Labute approximate surface area is 140 Å². The Morgan fingerprint density at radius 1 is 1.29 bits per heavy atom. The molecule has 1 aromatic rings. The van der Waals surface area contributed by atoms with Gasteiger partial charge in [-0.15, -0.1) is 10.2 Å². The molecule has 1 aromatic heterocycles. The molecule has 1 saturated carbocycles. The van der Waals surface area contributed by atoms with Crippen molar-refractivity contribution in [3.8, 4) is 0 Å². The maximum atomic E-state index is 12.6. The van der Waals surface area contributed by atoms with E-state index in [2.05, 4.69) is 25.4 Å². The molecule has 5 heterocycles. The predicted octanol–water partition coefficient (Wildman–Crippen LogP) is -0.0523. The number of nitrogens with zero attached hydrogens (tertiary/aromatic N) is 4. The Morgan fingerprint density at radius 2 is 2.21 bits per heavy atom. The van der Waals surface area contributed by atoms with E-state index in [4.69, 9.17) is 4.74 Å². The van der Waals surface area contributed by atoms with Crippen molar-refractivity contribution in [2.24, 2.45) is 17.8 Å². The van der Waals surface area contributed by atoms with E-state index in [0.717, 1.165) is 43.7 Å². The summed E-state index contributed by atoms with van der Waals surface area (Å²) < 4.78 is 7.42. The highest BCUT2D eigenvalue weighted by Crippen LogP contribution is 2.43. The van der Waals surface area contributed by atoms with Gasteiger partial charge in [-0.25, -0.2) is 4.79 Å². The Kier molecular flexibility index (Phi) is 3.48. The Balaban J connectivity index is 1.22. The molecular weight excluding hydrogens is 308 g/mol. The fourth-order valence-electron chi connectivity index (χ4n) is 5.03. The number of rotatable bonds is 2. The average molecular weight is 332 g/mol. The van der Waals surface area contributed by atoms with Crippen molar-refractivity contribution in [1.82, 2.24) is 30.3 Å². The molecule has 1 aliphatic carbocycles. The lowest BCUT2D eigenvalue weighted by Gasteiger charge is -2.45. The van der Waals surface area contributed by atoms with Crippen molar-refractivity contribution in [1.29, 1.82) is 0 Å². The van der Waals surface area contributed by atoms with Crippen LogP contribution in [0.15, 0.2) is 0 Å². The molecule has 4 fully saturated rings. The minimum absolute atomic E-state index is 0.0354. The summed E-state index contributed by atoms with van der Waals surface area (Å²) in [6.07, 6.45) is 2.59. The van der Waals surface area contributed by atoms with Gasteiger partial charge in [0.05, 0.1) is 13.2 Å². The van der Waals surface area contributed by atoms with Gasteiger partial charge in [0.25, 0.3) is 0 Å². The maximum Gasteiger partial charge on any atom is 0.317 e. The van der Waals surface area contributed by atoms with E-state index in [0.29, 0.717) is 37.6 Å². The normalized spacial score (nSPS) is 34.1. The Hall–Kier alpha value is -1.67. The molecular formula is C16H24N6O2. The van der Waals surface area contributed by atoms with Gasteiger partial charge in [-0.3, -0.25) is 0 Å². The number of urea groups is 1. The molecule has 4 atom stereocenters. The summed E-state index contributed by atoms with van der Waals surface area (Å²) >= 11 is 0. The van der Waals surface area contributed by atoms with E-state index < -0.39 is 0 Å². The SMILES string of the molecule is O=C(NCc1nnc2n1CCOC2)N1CC2C3CCC(NC3)C2C1. The van der Waals surface area contributed by atoms with E-state index in [9.17, 15) is 4.79 Å². The van der Waals surface area contributed by atoms with Crippen molar-refractivity contribution in [2.45, 2.75) is 38.6 Å². The number of likely N-dealkylation sites (tertiary alicyclic amines) is 1. The number of ether oxygens (including phenoxy) is 1. The highest BCUT2D eigenvalue weighted by molar-refractivity contribution is 5.74.